The molecule has 0 amide bonds. The summed E-state index contributed by atoms with van der Waals surface area (Å²) in [5, 5.41) is 0. The second-order valence-electron chi connectivity index (χ2n) is 2.58. The van der Waals surface area contributed by atoms with Gasteiger partial charge in [-0.3, -0.25) is 0 Å². The van der Waals surface area contributed by atoms with Crippen molar-refractivity contribution in [2.24, 2.45) is 0 Å². The zero-order valence-corrected chi connectivity index (χ0v) is 5.64. The van der Waals surface area contributed by atoms with Crippen molar-refractivity contribution in [2.45, 2.75) is 25.0 Å². The van der Waals surface area contributed by atoms with E-state index >= 15 is 0 Å². The molecule has 0 N–H and O–H groups in total. The van der Waals surface area contributed by atoms with Crippen LogP contribution < -0.4 is 0 Å². The molecular formula is C6H10S. The number of allylic oxidation sites excluding steroid dienone is 1. The van der Waals surface area contributed by atoms with Gasteiger partial charge in [0.2, 0.25) is 0 Å². The molecule has 0 spiro atoms. The van der Waals surface area contributed by atoms with Crippen molar-refractivity contribution >= 4 is 11.8 Å². The largest absolute Gasteiger partial charge is 0.125 e. The van der Waals surface area contributed by atoms with Crippen molar-refractivity contribution in [1.29, 1.82) is 0 Å². The Bertz CT molecular complexity index is 92.7. The molecule has 1 heteroatoms. The third kappa shape index (κ3) is 1.00. The Morgan fingerprint density at radius 3 is 2.14 bits per heavy atom. The monoisotopic (exact) mass is 114 g/mol. The fourth-order valence-corrected chi connectivity index (χ4v) is 2.07. The maximum atomic E-state index is 3.82. The smallest absolute Gasteiger partial charge is 0.0192 e. The van der Waals surface area contributed by atoms with Gasteiger partial charge in [-0.05, 0) is 11.3 Å². The van der Waals surface area contributed by atoms with Gasteiger partial charge in [-0.1, -0.05) is 20.4 Å². The van der Waals surface area contributed by atoms with Gasteiger partial charge in [0.1, 0.15) is 0 Å². The lowest BCUT2D eigenvalue weighted by atomic mass is 10.1. The molecule has 0 aromatic carbocycles. The van der Waals surface area contributed by atoms with Crippen LogP contribution in [0.1, 0.15) is 20.3 Å². The van der Waals surface area contributed by atoms with Gasteiger partial charge in [0.15, 0.2) is 0 Å². The quantitative estimate of drug-likeness (QED) is 0.466. The van der Waals surface area contributed by atoms with Crippen LogP contribution in [0.4, 0.5) is 0 Å². The molecule has 1 aliphatic rings. The second kappa shape index (κ2) is 1.28. The average Bonchev–Trinajstić information content (AvgIpc) is 1.27. The fourth-order valence-electron chi connectivity index (χ4n) is 0.857. The maximum Gasteiger partial charge on any atom is 0.0192 e. The zero-order chi connectivity index (χ0) is 5.49. The number of thioether (sulfide) groups is 1. The summed E-state index contributed by atoms with van der Waals surface area (Å²) >= 11 is 1.89. The van der Waals surface area contributed by atoms with Crippen LogP contribution in [0.2, 0.25) is 0 Å². The van der Waals surface area contributed by atoms with Crippen LogP contribution in [0.3, 0.4) is 0 Å². The first-order chi connectivity index (χ1) is 3.10. The predicted octanol–water partition coefficient (Wildman–Crippen LogP) is 2.42. The van der Waals surface area contributed by atoms with Crippen molar-refractivity contribution in [2.75, 3.05) is 0 Å². The van der Waals surface area contributed by atoms with Crippen LogP contribution in [0.5, 0.6) is 0 Å². The average molecular weight is 114 g/mol. The molecule has 7 heavy (non-hydrogen) atoms. The number of hydrogen-bond donors (Lipinski definition) is 0. The van der Waals surface area contributed by atoms with Crippen LogP contribution >= 0.6 is 11.8 Å². The Morgan fingerprint density at radius 2 is 2.14 bits per heavy atom. The standard InChI is InChI=1S/C6H10S/c1-5-4-6(2,3)7-5/h1,4H2,2-3H3. The normalized spacial score (nSPS) is 26.9. The van der Waals surface area contributed by atoms with Gasteiger partial charge in [0.25, 0.3) is 0 Å². The van der Waals surface area contributed by atoms with E-state index in [1.807, 2.05) is 11.8 Å². The fraction of sp³-hybridized carbons (Fsp3) is 0.667. The Morgan fingerprint density at radius 1 is 1.71 bits per heavy atom. The molecular weight excluding hydrogens is 104 g/mol. The molecule has 0 atom stereocenters. The van der Waals surface area contributed by atoms with E-state index in [2.05, 4.69) is 20.4 Å². The van der Waals surface area contributed by atoms with E-state index in [0.717, 1.165) is 0 Å². The highest BCUT2D eigenvalue weighted by Gasteiger charge is 2.30. The SMILES string of the molecule is C=C1CC(C)(C)S1. The summed E-state index contributed by atoms with van der Waals surface area (Å²) in [5.74, 6) is 0. The van der Waals surface area contributed by atoms with Gasteiger partial charge in [0, 0.05) is 4.75 Å². The minimum atomic E-state index is 0.511. The highest BCUT2D eigenvalue weighted by atomic mass is 32.2. The Kier molecular flexibility index (Phi) is 0.959. The summed E-state index contributed by atoms with van der Waals surface area (Å²) < 4.78 is 0.511. The van der Waals surface area contributed by atoms with E-state index in [-0.39, 0.29) is 0 Å². The van der Waals surface area contributed by atoms with Crippen molar-refractivity contribution < 1.29 is 0 Å². The lowest BCUT2D eigenvalue weighted by molar-refractivity contribution is 0.688. The van der Waals surface area contributed by atoms with Crippen molar-refractivity contribution in [3.63, 3.8) is 0 Å². The van der Waals surface area contributed by atoms with Gasteiger partial charge in [-0.25, -0.2) is 0 Å². The summed E-state index contributed by atoms with van der Waals surface area (Å²) in [5.41, 5.74) is 0. The van der Waals surface area contributed by atoms with Crippen LogP contribution in [-0.2, 0) is 0 Å². The van der Waals surface area contributed by atoms with E-state index in [1.165, 1.54) is 11.3 Å². The van der Waals surface area contributed by atoms with E-state index in [0.29, 0.717) is 4.75 Å². The molecule has 0 unspecified atom stereocenters. The Labute approximate surface area is 49.0 Å². The lowest BCUT2D eigenvalue weighted by Crippen LogP contribution is -2.23. The van der Waals surface area contributed by atoms with Crippen LogP contribution in [-0.4, -0.2) is 4.75 Å². The van der Waals surface area contributed by atoms with E-state index in [1.54, 1.807) is 0 Å². The molecule has 0 aliphatic carbocycles. The minimum absolute atomic E-state index is 0.511. The predicted molar refractivity (Wildman–Crippen MR) is 35.4 cm³/mol. The molecule has 1 rings (SSSR count). The molecule has 1 fully saturated rings. The van der Waals surface area contributed by atoms with E-state index in [9.17, 15) is 0 Å². The van der Waals surface area contributed by atoms with Crippen LogP contribution in [0.15, 0.2) is 11.5 Å². The summed E-state index contributed by atoms with van der Waals surface area (Å²) in [7, 11) is 0. The molecule has 0 bridgehead atoms. The second-order valence-corrected chi connectivity index (χ2v) is 4.46. The Hall–Kier alpha value is 0.0900. The number of rotatable bonds is 0. The van der Waals surface area contributed by atoms with Crippen LogP contribution in [0, 0.1) is 0 Å². The van der Waals surface area contributed by atoms with Gasteiger partial charge in [-0.15, -0.1) is 11.8 Å². The first kappa shape index (κ1) is 5.23. The van der Waals surface area contributed by atoms with Gasteiger partial charge >= 0.3 is 0 Å². The minimum Gasteiger partial charge on any atom is -0.125 e. The van der Waals surface area contributed by atoms with Gasteiger partial charge in [0.05, 0.1) is 0 Å². The van der Waals surface area contributed by atoms with Crippen LogP contribution in [0.25, 0.3) is 0 Å². The first-order valence-corrected chi connectivity index (χ1v) is 3.29. The van der Waals surface area contributed by atoms with E-state index in [4.69, 9.17) is 0 Å². The summed E-state index contributed by atoms with van der Waals surface area (Å²) in [6.45, 7) is 8.30. The van der Waals surface area contributed by atoms with Gasteiger partial charge in [-0.2, -0.15) is 0 Å². The summed E-state index contributed by atoms with van der Waals surface area (Å²) in [6.07, 6.45) is 1.21. The first-order valence-electron chi connectivity index (χ1n) is 2.47. The van der Waals surface area contributed by atoms with Crippen molar-refractivity contribution in [1.82, 2.24) is 0 Å². The Balaban J connectivity index is 2.43. The van der Waals surface area contributed by atoms with Crippen molar-refractivity contribution in [3.8, 4) is 0 Å². The summed E-state index contributed by atoms with van der Waals surface area (Å²) in [6, 6.07) is 0. The van der Waals surface area contributed by atoms with E-state index < -0.39 is 0 Å². The molecule has 1 saturated heterocycles. The summed E-state index contributed by atoms with van der Waals surface area (Å²) in [4.78, 5) is 1.34. The third-order valence-corrected chi connectivity index (χ3v) is 2.17. The van der Waals surface area contributed by atoms with Crippen molar-refractivity contribution in [3.05, 3.63) is 11.5 Å². The highest BCUT2D eigenvalue weighted by Crippen LogP contribution is 2.48. The number of hydrogen-bond acceptors (Lipinski definition) is 1. The molecule has 0 saturated carbocycles. The molecule has 0 aromatic heterocycles. The lowest BCUT2D eigenvalue weighted by Gasteiger charge is -2.35. The molecule has 40 valence electrons. The molecule has 0 radical (unpaired) electrons. The maximum absolute atomic E-state index is 3.82. The zero-order valence-electron chi connectivity index (χ0n) is 4.82. The highest BCUT2D eigenvalue weighted by molar-refractivity contribution is 8.05. The molecule has 0 nitrogen and oxygen atoms in total. The van der Waals surface area contributed by atoms with Gasteiger partial charge < -0.3 is 0 Å². The molecule has 1 aliphatic heterocycles. The molecule has 1 heterocycles. The molecule has 0 aromatic rings. The topological polar surface area (TPSA) is 0 Å². The third-order valence-electron chi connectivity index (χ3n) is 1.04.